The number of aliphatic hydroxyl groups excluding tert-OH is 1. The number of aryl methyl sites for hydroxylation is 1. The molecule has 4 nitrogen and oxygen atoms in total. The van der Waals surface area contributed by atoms with Crippen LogP contribution in [0, 0.1) is 0 Å². The Bertz CT molecular complexity index is 417. The third kappa shape index (κ3) is 2.20. The van der Waals surface area contributed by atoms with Gasteiger partial charge in [0.15, 0.2) is 0 Å². The second kappa shape index (κ2) is 4.68. The maximum absolute atomic E-state index is 9.77. The zero-order chi connectivity index (χ0) is 12.7. The van der Waals surface area contributed by atoms with Gasteiger partial charge in [-0.3, -0.25) is 9.80 Å². The molecule has 2 aliphatic heterocycles. The second-order valence-corrected chi connectivity index (χ2v) is 5.89. The van der Waals surface area contributed by atoms with Crippen LogP contribution >= 0.6 is 0 Å². The van der Waals surface area contributed by atoms with Gasteiger partial charge in [-0.2, -0.15) is 0 Å². The lowest BCUT2D eigenvalue weighted by atomic mass is 10.1. The Labute approximate surface area is 109 Å². The fourth-order valence-electron chi connectivity index (χ4n) is 3.37. The SMILES string of the molecule is C[C@@H]1CN2C[C@H](O)C[C@H]2CN1Cc1cccn1C. The van der Waals surface area contributed by atoms with Crippen LogP contribution in [-0.4, -0.2) is 57.3 Å². The molecular formula is C14H23N3O. The standard InChI is InChI=1S/C14H23N3O/c1-11-7-17-10-14(18)6-13(17)9-16(11)8-12-4-3-5-15(12)2/h3-5,11,13-14,18H,6-10H2,1-2H3/t11-,13+,14-/m1/s1. The quantitative estimate of drug-likeness (QED) is 0.836. The van der Waals surface area contributed by atoms with E-state index in [0.717, 1.165) is 32.6 Å². The lowest BCUT2D eigenvalue weighted by Crippen LogP contribution is -2.54. The smallest absolute Gasteiger partial charge is 0.0682 e. The molecule has 2 saturated heterocycles. The second-order valence-electron chi connectivity index (χ2n) is 5.89. The summed E-state index contributed by atoms with van der Waals surface area (Å²) in [6.45, 7) is 6.36. The lowest BCUT2D eigenvalue weighted by molar-refractivity contribution is 0.0515. The Morgan fingerprint density at radius 2 is 2.17 bits per heavy atom. The predicted octanol–water partition coefficient (Wildman–Crippen LogP) is 0.664. The Morgan fingerprint density at radius 1 is 1.33 bits per heavy atom. The van der Waals surface area contributed by atoms with Crippen molar-refractivity contribution in [2.45, 2.75) is 38.1 Å². The minimum absolute atomic E-state index is 0.114. The van der Waals surface area contributed by atoms with Crippen LogP contribution in [0.2, 0.25) is 0 Å². The lowest BCUT2D eigenvalue weighted by Gasteiger charge is -2.42. The molecule has 0 saturated carbocycles. The first-order chi connectivity index (χ1) is 8.63. The minimum Gasteiger partial charge on any atom is -0.392 e. The van der Waals surface area contributed by atoms with Crippen LogP contribution in [0.3, 0.4) is 0 Å². The van der Waals surface area contributed by atoms with Gasteiger partial charge in [0, 0.05) is 57.2 Å². The van der Waals surface area contributed by atoms with E-state index in [9.17, 15) is 5.11 Å². The van der Waals surface area contributed by atoms with Crippen LogP contribution in [0.1, 0.15) is 19.0 Å². The first-order valence-corrected chi connectivity index (χ1v) is 6.90. The number of hydrogen-bond donors (Lipinski definition) is 1. The number of nitrogens with zero attached hydrogens (tertiary/aromatic N) is 3. The molecule has 1 N–H and O–H groups in total. The van der Waals surface area contributed by atoms with Gasteiger partial charge in [-0.25, -0.2) is 0 Å². The Kier molecular flexibility index (Phi) is 3.18. The molecule has 3 rings (SSSR count). The van der Waals surface area contributed by atoms with Gasteiger partial charge in [-0.05, 0) is 25.5 Å². The number of hydrogen-bond acceptors (Lipinski definition) is 3. The number of fused-ring (bicyclic) bond motifs is 1. The van der Waals surface area contributed by atoms with Crippen molar-refractivity contribution in [3.05, 3.63) is 24.0 Å². The molecule has 0 spiro atoms. The van der Waals surface area contributed by atoms with Crippen LogP contribution in [-0.2, 0) is 13.6 Å². The molecule has 3 atom stereocenters. The summed E-state index contributed by atoms with van der Waals surface area (Å²) in [6, 6.07) is 5.43. The number of aliphatic hydroxyl groups is 1. The highest BCUT2D eigenvalue weighted by Gasteiger charge is 2.38. The third-order valence-electron chi connectivity index (χ3n) is 4.49. The summed E-state index contributed by atoms with van der Waals surface area (Å²) in [5.41, 5.74) is 1.37. The van der Waals surface area contributed by atoms with Gasteiger partial charge >= 0.3 is 0 Å². The molecule has 0 bridgehead atoms. The van der Waals surface area contributed by atoms with E-state index in [2.05, 4.69) is 46.7 Å². The predicted molar refractivity (Wildman–Crippen MR) is 71.3 cm³/mol. The highest BCUT2D eigenvalue weighted by molar-refractivity contribution is 5.07. The van der Waals surface area contributed by atoms with Gasteiger partial charge in [0.25, 0.3) is 0 Å². The molecule has 4 heteroatoms. The molecule has 2 aliphatic rings. The molecule has 18 heavy (non-hydrogen) atoms. The Balaban J connectivity index is 1.68. The van der Waals surface area contributed by atoms with E-state index in [1.807, 2.05) is 0 Å². The van der Waals surface area contributed by atoms with Gasteiger partial charge in [-0.1, -0.05) is 0 Å². The van der Waals surface area contributed by atoms with Crippen molar-refractivity contribution >= 4 is 0 Å². The first-order valence-electron chi connectivity index (χ1n) is 6.90. The average Bonchev–Trinajstić information content (AvgIpc) is 2.85. The minimum atomic E-state index is -0.114. The fourth-order valence-corrected chi connectivity index (χ4v) is 3.37. The van der Waals surface area contributed by atoms with Crippen LogP contribution in [0.4, 0.5) is 0 Å². The molecule has 0 aliphatic carbocycles. The zero-order valence-electron chi connectivity index (χ0n) is 11.3. The molecule has 0 unspecified atom stereocenters. The van der Waals surface area contributed by atoms with Crippen molar-refractivity contribution in [2.24, 2.45) is 7.05 Å². The molecule has 2 fully saturated rings. The highest BCUT2D eigenvalue weighted by Crippen LogP contribution is 2.26. The molecular weight excluding hydrogens is 226 g/mol. The van der Waals surface area contributed by atoms with Crippen LogP contribution in [0.25, 0.3) is 0 Å². The van der Waals surface area contributed by atoms with Gasteiger partial charge in [0.05, 0.1) is 6.10 Å². The number of rotatable bonds is 2. The van der Waals surface area contributed by atoms with Crippen molar-refractivity contribution in [3.63, 3.8) is 0 Å². The van der Waals surface area contributed by atoms with E-state index in [1.54, 1.807) is 0 Å². The first kappa shape index (κ1) is 12.2. The van der Waals surface area contributed by atoms with Gasteiger partial charge < -0.3 is 9.67 Å². The fraction of sp³-hybridized carbons (Fsp3) is 0.714. The molecule has 1 aromatic heterocycles. The average molecular weight is 249 g/mol. The van der Waals surface area contributed by atoms with Crippen LogP contribution < -0.4 is 0 Å². The molecule has 3 heterocycles. The molecule has 100 valence electrons. The summed E-state index contributed by atoms with van der Waals surface area (Å²) in [5.74, 6) is 0. The van der Waals surface area contributed by atoms with E-state index in [4.69, 9.17) is 0 Å². The van der Waals surface area contributed by atoms with Crippen molar-refractivity contribution in [2.75, 3.05) is 19.6 Å². The van der Waals surface area contributed by atoms with Gasteiger partial charge in [0.1, 0.15) is 0 Å². The number of aromatic nitrogens is 1. The van der Waals surface area contributed by atoms with Crippen molar-refractivity contribution in [3.8, 4) is 0 Å². The van der Waals surface area contributed by atoms with E-state index in [1.165, 1.54) is 5.69 Å². The van der Waals surface area contributed by atoms with Gasteiger partial charge in [-0.15, -0.1) is 0 Å². The van der Waals surface area contributed by atoms with Crippen LogP contribution in [0.15, 0.2) is 18.3 Å². The third-order valence-corrected chi connectivity index (χ3v) is 4.49. The molecule has 1 aromatic rings. The highest BCUT2D eigenvalue weighted by atomic mass is 16.3. The topological polar surface area (TPSA) is 31.6 Å². The summed E-state index contributed by atoms with van der Waals surface area (Å²) < 4.78 is 2.20. The Hall–Kier alpha value is -0.840. The molecule has 0 radical (unpaired) electrons. The summed E-state index contributed by atoms with van der Waals surface area (Å²) >= 11 is 0. The summed E-state index contributed by atoms with van der Waals surface area (Å²) in [5, 5.41) is 9.77. The summed E-state index contributed by atoms with van der Waals surface area (Å²) in [7, 11) is 2.11. The zero-order valence-corrected chi connectivity index (χ0v) is 11.3. The van der Waals surface area contributed by atoms with E-state index in [-0.39, 0.29) is 6.10 Å². The van der Waals surface area contributed by atoms with Crippen molar-refractivity contribution in [1.29, 1.82) is 0 Å². The van der Waals surface area contributed by atoms with E-state index < -0.39 is 0 Å². The van der Waals surface area contributed by atoms with E-state index in [0.29, 0.717) is 12.1 Å². The van der Waals surface area contributed by atoms with Crippen LogP contribution in [0.5, 0.6) is 0 Å². The summed E-state index contributed by atoms with van der Waals surface area (Å²) in [4.78, 5) is 5.01. The normalized spacial score (nSPS) is 33.8. The Morgan fingerprint density at radius 3 is 2.89 bits per heavy atom. The van der Waals surface area contributed by atoms with Gasteiger partial charge in [0.2, 0.25) is 0 Å². The van der Waals surface area contributed by atoms with Crippen molar-refractivity contribution in [1.82, 2.24) is 14.4 Å². The largest absolute Gasteiger partial charge is 0.392 e. The maximum Gasteiger partial charge on any atom is 0.0682 e. The number of piperazine rings is 1. The summed E-state index contributed by atoms with van der Waals surface area (Å²) in [6.07, 6.45) is 2.93. The maximum atomic E-state index is 9.77. The van der Waals surface area contributed by atoms with Crippen molar-refractivity contribution < 1.29 is 5.11 Å². The van der Waals surface area contributed by atoms with E-state index >= 15 is 0 Å². The monoisotopic (exact) mass is 249 g/mol. The molecule has 0 amide bonds. The molecule has 0 aromatic carbocycles.